The SMILES string of the molecule is C=C(C)C(=O)CC[C@@H](C)[C@H]1CC[C@@]2(C)[C@@H]3CC[C@H]4[C@](C)(C(=O)O)[C@@H](O[C@@H]5O[C@H](CO)[C@H](O)[C@H]5O)C[C@H](O)[C@@]45C[C@@]35CC[C@]12C. The molecule has 1 heterocycles. The predicted octanol–water partition coefficient (Wildman–Crippen LogP) is 3.85. The second-order valence-corrected chi connectivity index (χ2v) is 16.4. The van der Waals surface area contributed by atoms with Crippen molar-refractivity contribution in [1.82, 2.24) is 0 Å². The highest BCUT2D eigenvalue weighted by atomic mass is 16.7. The van der Waals surface area contributed by atoms with Crippen LogP contribution in [0.25, 0.3) is 0 Å². The Kier molecular flexibility index (Phi) is 7.83. The number of Topliss-reactive ketones (excluding diaryl/α,β-unsaturated/α-hetero) is 1. The van der Waals surface area contributed by atoms with Gasteiger partial charge in [-0.25, -0.2) is 0 Å². The Labute approximate surface area is 261 Å². The first-order valence-electron chi connectivity index (χ1n) is 16.9. The average Bonchev–Trinajstić information content (AvgIpc) is 3.49. The van der Waals surface area contributed by atoms with E-state index in [0.29, 0.717) is 36.2 Å². The van der Waals surface area contributed by atoms with Gasteiger partial charge in [0, 0.05) is 18.3 Å². The highest BCUT2D eigenvalue weighted by Crippen LogP contribution is 2.89. The van der Waals surface area contributed by atoms with E-state index in [1.807, 2.05) is 0 Å². The van der Waals surface area contributed by atoms with Crippen molar-refractivity contribution in [1.29, 1.82) is 0 Å². The van der Waals surface area contributed by atoms with Crippen molar-refractivity contribution in [2.24, 2.45) is 50.7 Å². The lowest BCUT2D eigenvalue weighted by Crippen LogP contribution is -2.64. The summed E-state index contributed by atoms with van der Waals surface area (Å²) in [6.07, 6.45) is 1.47. The van der Waals surface area contributed by atoms with Crippen molar-refractivity contribution in [3.8, 4) is 0 Å². The van der Waals surface area contributed by atoms with E-state index in [1.54, 1.807) is 13.8 Å². The molecule has 15 atom stereocenters. The molecule has 0 amide bonds. The number of hydrogen-bond donors (Lipinski definition) is 5. The van der Waals surface area contributed by atoms with Crippen molar-refractivity contribution >= 4 is 11.8 Å². The molecule has 0 aromatic heterocycles. The van der Waals surface area contributed by atoms with Gasteiger partial charge >= 0.3 is 5.97 Å². The molecule has 1 saturated heterocycles. The third-order valence-electron chi connectivity index (χ3n) is 15.1. The molecule has 0 radical (unpaired) electrons. The topological polar surface area (TPSA) is 154 Å². The Balaban J connectivity index is 1.26. The molecule has 44 heavy (non-hydrogen) atoms. The van der Waals surface area contributed by atoms with Gasteiger partial charge in [-0.3, -0.25) is 9.59 Å². The molecule has 0 unspecified atom stereocenters. The Bertz CT molecular complexity index is 1200. The van der Waals surface area contributed by atoms with Crippen LogP contribution in [0, 0.1) is 50.7 Å². The summed E-state index contributed by atoms with van der Waals surface area (Å²) < 4.78 is 11.7. The van der Waals surface area contributed by atoms with Crippen molar-refractivity contribution < 1.29 is 44.6 Å². The Morgan fingerprint density at radius 2 is 1.68 bits per heavy atom. The second-order valence-electron chi connectivity index (χ2n) is 16.4. The lowest BCUT2D eigenvalue weighted by molar-refractivity contribution is -0.262. The number of carboxylic acids is 1. The van der Waals surface area contributed by atoms with Gasteiger partial charge in [0.05, 0.1) is 24.2 Å². The zero-order valence-electron chi connectivity index (χ0n) is 27.1. The first-order chi connectivity index (χ1) is 20.5. The molecule has 6 aliphatic rings. The van der Waals surface area contributed by atoms with E-state index < -0.39 is 60.2 Å². The van der Waals surface area contributed by atoms with E-state index in [9.17, 15) is 35.1 Å². The highest BCUT2D eigenvalue weighted by molar-refractivity contribution is 5.94. The Hall–Kier alpha value is -1.36. The lowest BCUT2D eigenvalue weighted by atomic mass is 9.41. The van der Waals surface area contributed by atoms with Gasteiger partial charge in [-0.2, -0.15) is 0 Å². The summed E-state index contributed by atoms with van der Waals surface area (Å²) in [5.41, 5.74) is -1.11. The monoisotopic (exact) mass is 618 g/mol. The van der Waals surface area contributed by atoms with Crippen LogP contribution in [0.5, 0.6) is 0 Å². The minimum atomic E-state index is -1.42. The highest BCUT2D eigenvalue weighted by Gasteiger charge is 2.86. The molecule has 1 aliphatic heterocycles. The summed E-state index contributed by atoms with van der Waals surface area (Å²) in [6.45, 7) is 14.1. The van der Waals surface area contributed by atoms with Gasteiger partial charge in [0.2, 0.25) is 0 Å². The van der Waals surface area contributed by atoms with Crippen molar-refractivity contribution in [2.75, 3.05) is 6.61 Å². The molecule has 9 nitrogen and oxygen atoms in total. The molecule has 9 heteroatoms. The zero-order chi connectivity index (χ0) is 32.2. The number of ketones is 1. The molecular weight excluding hydrogens is 564 g/mol. The number of carbonyl (C=O) groups excluding carboxylic acids is 1. The van der Waals surface area contributed by atoms with Gasteiger partial charge < -0.3 is 35.0 Å². The first kappa shape index (κ1) is 32.6. The number of aliphatic hydroxyl groups is 4. The molecular formula is C35H54O9. The fourth-order valence-corrected chi connectivity index (χ4v) is 12.4. The fourth-order valence-electron chi connectivity index (χ4n) is 12.4. The number of carbonyl (C=O) groups is 2. The number of hydrogen-bond acceptors (Lipinski definition) is 8. The van der Waals surface area contributed by atoms with Gasteiger partial charge in [0.25, 0.3) is 0 Å². The summed E-state index contributed by atoms with van der Waals surface area (Å²) in [5.74, 6) is 0.212. The van der Waals surface area contributed by atoms with E-state index in [4.69, 9.17) is 9.47 Å². The molecule has 2 spiro atoms. The first-order valence-corrected chi connectivity index (χ1v) is 16.9. The molecule has 248 valence electrons. The maximum absolute atomic E-state index is 13.2. The maximum atomic E-state index is 13.2. The van der Waals surface area contributed by atoms with Gasteiger partial charge in [0.1, 0.15) is 18.3 Å². The minimum Gasteiger partial charge on any atom is -0.481 e. The summed E-state index contributed by atoms with van der Waals surface area (Å²) in [5, 5.41) is 53.1. The standard InChI is InChI=1S/C35H54O9/c1-18(2)21(37)8-7-19(3)20-11-12-32(5)23-9-10-24-33(6,30(41)42)26(44-29-28(40)27(39)22(16-36)43-29)15-25(38)35(24)17-34(23,35)14-13-31(20,32)4/h19-20,22-29,36,38-40H,1,7-17H2,2-6H3,(H,41,42)/t19-,20-,22-,23+,24+,25+,26+,27+,28-,29+,31-,32+,33+,34+,35-/m1/s1. The van der Waals surface area contributed by atoms with E-state index in [-0.39, 0.29) is 34.4 Å². The number of aliphatic carboxylic acids is 1. The van der Waals surface area contributed by atoms with Crippen LogP contribution in [0.15, 0.2) is 12.2 Å². The molecule has 6 fully saturated rings. The van der Waals surface area contributed by atoms with Gasteiger partial charge in [-0.05, 0) is 111 Å². The number of ether oxygens (including phenoxy) is 2. The normalized spacial score (nSPS) is 53.2. The van der Waals surface area contributed by atoms with Crippen LogP contribution in [0.3, 0.4) is 0 Å². The zero-order valence-corrected chi connectivity index (χ0v) is 27.1. The second kappa shape index (κ2) is 10.6. The third kappa shape index (κ3) is 4.05. The summed E-state index contributed by atoms with van der Waals surface area (Å²) in [6, 6.07) is 0. The van der Waals surface area contributed by atoms with Gasteiger partial charge in [0.15, 0.2) is 12.1 Å². The molecule has 5 aliphatic carbocycles. The predicted molar refractivity (Wildman–Crippen MR) is 161 cm³/mol. The maximum Gasteiger partial charge on any atom is 0.312 e. The van der Waals surface area contributed by atoms with Crippen molar-refractivity contribution in [3.05, 3.63) is 12.2 Å². The Morgan fingerprint density at radius 1 is 1.00 bits per heavy atom. The van der Waals surface area contributed by atoms with Crippen LogP contribution in [-0.2, 0) is 19.1 Å². The third-order valence-corrected chi connectivity index (χ3v) is 15.1. The minimum absolute atomic E-state index is 0.0704. The van der Waals surface area contributed by atoms with E-state index in [0.717, 1.165) is 44.9 Å². The number of carboxylic acid groups (broad SMARTS) is 1. The number of rotatable bonds is 9. The van der Waals surface area contributed by atoms with Crippen LogP contribution in [0.4, 0.5) is 0 Å². The van der Waals surface area contributed by atoms with Gasteiger partial charge in [-0.15, -0.1) is 0 Å². The average molecular weight is 619 g/mol. The van der Waals surface area contributed by atoms with Gasteiger partial charge in [-0.1, -0.05) is 27.4 Å². The van der Waals surface area contributed by atoms with E-state index in [1.165, 1.54) is 0 Å². The summed E-state index contributed by atoms with van der Waals surface area (Å²) >= 11 is 0. The number of allylic oxidation sites excluding steroid dienone is 1. The smallest absolute Gasteiger partial charge is 0.312 e. The lowest BCUT2D eigenvalue weighted by Gasteiger charge is -2.64. The number of fused-ring (bicyclic) bond motifs is 2. The largest absolute Gasteiger partial charge is 0.481 e. The van der Waals surface area contributed by atoms with E-state index in [2.05, 4.69) is 27.4 Å². The molecule has 0 aromatic carbocycles. The van der Waals surface area contributed by atoms with Crippen LogP contribution >= 0.6 is 0 Å². The fraction of sp³-hybridized carbons (Fsp3) is 0.886. The molecule has 5 N–H and O–H groups in total. The molecule has 0 aromatic rings. The van der Waals surface area contributed by atoms with Crippen LogP contribution < -0.4 is 0 Å². The summed E-state index contributed by atoms with van der Waals surface area (Å²) in [7, 11) is 0. The quantitative estimate of drug-likeness (QED) is 0.243. The van der Waals surface area contributed by atoms with Crippen LogP contribution in [0.1, 0.15) is 98.8 Å². The number of aliphatic hydroxyl groups excluding tert-OH is 4. The van der Waals surface area contributed by atoms with Crippen molar-refractivity contribution in [3.63, 3.8) is 0 Å². The van der Waals surface area contributed by atoms with Crippen LogP contribution in [-0.4, -0.2) is 80.7 Å². The molecule has 5 saturated carbocycles. The summed E-state index contributed by atoms with van der Waals surface area (Å²) in [4.78, 5) is 25.5. The molecule has 6 rings (SSSR count). The van der Waals surface area contributed by atoms with Crippen molar-refractivity contribution in [2.45, 2.75) is 136 Å². The van der Waals surface area contributed by atoms with E-state index >= 15 is 0 Å². The van der Waals surface area contributed by atoms with Crippen LogP contribution in [0.2, 0.25) is 0 Å². The Morgan fingerprint density at radius 3 is 2.30 bits per heavy atom. The molecule has 0 bridgehead atoms.